The Bertz CT molecular complexity index is 1240. The Balaban J connectivity index is 1.78. The van der Waals surface area contributed by atoms with Crippen LogP contribution in [-0.2, 0) is 17.8 Å². The summed E-state index contributed by atoms with van der Waals surface area (Å²) in [5.74, 6) is 1.33. The molecule has 0 bridgehead atoms. The van der Waals surface area contributed by atoms with Gasteiger partial charge < -0.3 is 9.47 Å². The molecule has 2 heterocycles. The molecule has 0 unspecified atom stereocenters. The van der Waals surface area contributed by atoms with Gasteiger partial charge in [0.25, 0.3) is 0 Å². The molecule has 0 aliphatic carbocycles. The molecule has 0 saturated heterocycles. The van der Waals surface area contributed by atoms with Gasteiger partial charge >= 0.3 is 0 Å². The van der Waals surface area contributed by atoms with Crippen LogP contribution in [0.1, 0.15) is 27.8 Å². The zero-order valence-corrected chi connectivity index (χ0v) is 20.3. The molecule has 4 rings (SSSR count). The highest BCUT2D eigenvalue weighted by molar-refractivity contribution is 7.22. The number of fused-ring (bicyclic) bond motifs is 1. The first-order valence-corrected chi connectivity index (χ1v) is 11.5. The smallest absolute Gasteiger partial charge is 0.233 e. The maximum absolute atomic E-state index is 13.7. The summed E-state index contributed by atoms with van der Waals surface area (Å²) >= 11 is 1.42. The molecule has 2 aromatic carbocycles. The molecule has 0 fully saturated rings. The maximum atomic E-state index is 13.7. The van der Waals surface area contributed by atoms with Crippen molar-refractivity contribution in [2.24, 2.45) is 0 Å². The fourth-order valence-electron chi connectivity index (χ4n) is 4.06. The van der Waals surface area contributed by atoms with Crippen LogP contribution in [0.25, 0.3) is 10.2 Å². The molecule has 0 radical (unpaired) electrons. The quantitative estimate of drug-likeness (QED) is 0.368. The average Bonchev–Trinajstić information content (AvgIpc) is 3.25. The minimum absolute atomic E-state index is 0.0223. The van der Waals surface area contributed by atoms with Crippen molar-refractivity contribution in [1.29, 1.82) is 0 Å². The van der Waals surface area contributed by atoms with Crippen molar-refractivity contribution < 1.29 is 14.3 Å². The van der Waals surface area contributed by atoms with E-state index in [0.29, 0.717) is 35.1 Å². The fraction of sp³-hybridized carbons (Fsp3) is 0.269. The van der Waals surface area contributed by atoms with Crippen LogP contribution >= 0.6 is 11.3 Å². The molecule has 2 aromatic heterocycles. The minimum Gasteiger partial charge on any atom is -0.495 e. The van der Waals surface area contributed by atoms with E-state index in [2.05, 4.69) is 37.9 Å². The van der Waals surface area contributed by atoms with Gasteiger partial charge in [0.1, 0.15) is 21.7 Å². The highest BCUT2D eigenvalue weighted by Gasteiger charge is 2.24. The lowest BCUT2D eigenvalue weighted by atomic mass is 9.97. The molecule has 0 saturated carbocycles. The second-order valence-electron chi connectivity index (χ2n) is 8.04. The lowest BCUT2D eigenvalue weighted by molar-refractivity contribution is -0.118. The summed E-state index contributed by atoms with van der Waals surface area (Å²) in [6.07, 6.45) is 3.79. The number of aromatic nitrogens is 2. The predicted molar refractivity (Wildman–Crippen MR) is 133 cm³/mol. The summed E-state index contributed by atoms with van der Waals surface area (Å²) < 4.78 is 11.9. The minimum atomic E-state index is -0.0223. The van der Waals surface area contributed by atoms with Gasteiger partial charge in [-0.3, -0.25) is 14.7 Å². The van der Waals surface area contributed by atoms with Crippen LogP contribution in [0.15, 0.2) is 48.8 Å². The van der Waals surface area contributed by atoms with Crippen molar-refractivity contribution in [3.63, 3.8) is 0 Å². The van der Waals surface area contributed by atoms with Gasteiger partial charge in [-0.25, -0.2) is 4.98 Å². The molecule has 1 amide bonds. The molecule has 0 aliphatic rings. The number of aryl methyl sites for hydroxylation is 3. The molecule has 0 spiro atoms. The predicted octanol–water partition coefficient (Wildman–Crippen LogP) is 5.41. The van der Waals surface area contributed by atoms with E-state index in [0.717, 1.165) is 27.0 Å². The molecular formula is C26H27N3O3S. The standard InChI is InChI=1S/C26H27N3O3S/c1-16-11-17(2)20(18(3)12-16)13-23(30)29(15-19-7-6-10-27-14-19)26-28-24-21(31-4)8-9-22(32-5)25(24)33-26/h6-12,14H,13,15H2,1-5H3. The van der Waals surface area contributed by atoms with Crippen molar-refractivity contribution in [2.45, 2.75) is 33.7 Å². The van der Waals surface area contributed by atoms with E-state index in [4.69, 9.17) is 14.5 Å². The molecule has 7 heteroatoms. The second-order valence-corrected chi connectivity index (χ2v) is 9.02. The van der Waals surface area contributed by atoms with Crippen molar-refractivity contribution in [3.05, 3.63) is 76.6 Å². The number of rotatable bonds is 7. The van der Waals surface area contributed by atoms with Crippen molar-refractivity contribution in [2.75, 3.05) is 19.1 Å². The zero-order chi connectivity index (χ0) is 23.5. The van der Waals surface area contributed by atoms with Gasteiger partial charge in [0.2, 0.25) is 5.91 Å². The van der Waals surface area contributed by atoms with Gasteiger partial charge in [0.05, 0.1) is 27.2 Å². The van der Waals surface area contributed by atoms with E-state index < -0.39 is 0 Å². The summed E-state index contributed by atoms with van der Waals surface area (Å²) in [6, 6.07) is 11.8. The van der Waals surface area contributed by atoms with Crippen LogP contribution in [-0.4, -0.2) is 30.1 Å². The summed E-state index contributed by atoms with van der Waals surface area (Å²) in [5.41, 5.74) is 6.10. The molecule has 33 heavy (non-hydrogen) atoms. The Morgan fingerprint density at radius 1 is 1.03 bits per heavy atom. The van der Waals surface area contributed by atoms with Crippen LogP contribution in [0.2, 0.25) is 0 Å². The molecule has 0 atom stereocenters. The molecule has 170 valence electrons. The van der Waals surface area contributed by atoms with E-state index in [9.17, 15) is 4.79 Å². The number of amides is 1. The number of thiazole rings is 1. The van der Waals surface area contributed by atoms with Gasteiger partial charge in [0, 0.05) is 12.4 Å². The SMILES string of the molecule is COc1ccc(OC)c2sc(N(Cc3cccnc3)C(=O)Cc3c(C)cc(C)cc3C)nc12. The van der Waals surface area contributed by atoms with Gasteiger partial charge in [0.15, 0.2) is 5.13 Å². The van der Waals surface area contributed by atoms with Crippen LogP contribution in [0, 0.1) is 20.8 Å². The third kappa shape index (κ3) is 4.68. The fourth-order valence-corrected chi connectivity index (χ4v) is 5.15. The first-order valence-electron chi connectivity index (χ1n) is 10.7. The molecular weight excluding hydrogens is 434 g/mol. The van der Waals surface area contributed by atoms with E-state index in [1.165, 1.54) is 16.9 Å². The Hall–Kier alpha value is -3.45. The Morgan fingerprint density at radius 3 is 2.36 bits per heavy atom. The maximum Gasteiger partial charge on any atom is 0.233 e. The van der Waals surface area contributed by atoms with Crippen LogP contribution in [0.3, 0.4) is 0 Å². The van der Waals surface area contributed by atoms with Crippen LogP contribution in [0.4, 0.5) is 5.13 Å². The van der Waals surface area contributed by atoms with Crippen molar-refractivity contribution in [1.82, 2.24) is 9.97 Å². The molecule has 0 aliphatic heterocycles. The summed E-state index contributed by atoms with van der Waals surface area (Å²) in [5, 5.41) is 0.601. The first-order chi connectivity index (χ1) is 15.9. The topological polar surface area (TPSA) is 64.6 Å². The average molecular weight is 462 g/mol. The van der Waals surface area contributed by atoms with E-state index in [1.54, 1.807) is 31.5 Å². The molecule has 6 nitrogen and oxygen atoms in total. The number of methoxy groups -OCH3 is 2. The number of ether oxygens (including phenoxy) is 2. The Kier molecular flexibility index (Phi) is 6.60. The highest BCUT2D eigenvalue weighted by Crippen LogP contribution is 2.40. The lowest BCUT2D eigenvalue weighted by Crippen LogP contribution is -2.32. The summed E-state index contributed by atoms with van der Waals surface area (Å²) in [7, 11) is 3.24. The number of anilines is 1. The number of benzene rings is 2. The van der Waals surface area contributed by atoms with Gasteiger partial charge in [-0.1, -0.05) is 35.1 Å². The monoisotopic (exact) mass is 461 g/mol. The second kappa shape index (κ2) is 9.58. The number of hydrogen-bond donors (Lipinski definition) is 0. The number of nitrogens with zero attached hydrogens (tertiary/aromatic N) is 3. The lowest BCUT2D eigenvalue weighted by Gasteiger charge is -2.21. The van der Waals surface area contributed by atoms with E-state index in [1.807, 2.05) is 24.3 Å². The van der Waals surface area contributed by atoms with Crippen molar-refractivity contribution >= 4 is 32.6 Å². The normalized spacial score (nSPS) is 10.9. The van der Waals surface area contributed by atoms with Gasteiger partial charge in [-0.2, -0.15) is 0 Å². The number of carbonyl (C=O) groups is 1. The van der Waals surface area contributed by atoms with Crippen molar-refractivity contribution in [3.8, 4) is 11.5 Å². The molecule has 0 N–H and O–H groups in total. The van der Waals surface area contributed by atoms with Gasteiger partial charge in [-0.15, -0.1) is 0 Å². The van der Waals surface area contributed by atoms with E-state index >= 15 is 0 Å². The highest BCUT2D eigenvalue weighted by atomic mass is 32.1. The zero-order valence-electron chi connectivity index (χ0n) is 19.5. The molecule has 4 aromatic rings. The number of hydrogen-bond acceptors (Lipinski definition) is 6. The number of pyridine rings is 1. The Morgan fingerprint density at radius 2 is 1.73 bits per heavy atom. The van der Waals surface area contributed by atoms with Crippen LogP contribution < -0.4 is 14.4 Å². The largest absolute Gasteiger partial charge is 0.495 e. The van der Waals surface area contributed by atoms with Gasteiger partial charge in [-0.05, 0) is 61.2 Å². The third-order valence-corrected chi connectivity index (χ3v) is 6.76. The Labute approximate surface area is 197 Å². The summed E-state index contributed by atoms with van der Waals surface area (Å²) in [4.78, 5) is 24.5. The van der Waals surface area contributed by atoms with Crippen LogP contribution in [0.5, 0.6) is 11.5 Å². The first kappa shape index (κ1) is 22.7. The summed E-state index contributed by atoms with van der Waals surface area (Å²) in [6.45, 7) is 6.56. The third-order valence-electron chi connectivity index (χ3n) is 5.66. The number of carbonyl (C=O) groups excluding carboxylic acids is 1. The van der Waals surface area contributed by atoms with E-state index in [-0.39, 0.29) is 5.91 Å².